The van der Waals surface area contributed by atoms with Gasteiger partial charge in [-0.2, -0.15) is 4.31 Å². The van der Waals surface area contributed by atoms with Crippen LogP contribution in [0.5, 0.6) is 5.75 Å². The van der Waals surface area contributed by atoms with Crippen molar-refractivity contribution in [3.05, 3.63) is 59.7 Å². The summed E-state index contributed by atoms with van der Waals surface area (Å²) in [6.07, 6.45) is 1.70. The van der Waals surface area contributed by atoms with Gasteiger partial charge in [-0.3, -0.25) is 4.79 Å². The number of piperidine rings is 1. The lowest BCUT2D eigenvalue weighted by atomic mass is 10.00. The van der Waals surface area contributed by atoms with E-state index in [1.165, 1.54) is 16.4 Å². The van der Waals surface area contributed by atoms with Gasteiger partial charge in [0.1, 0.15) is 17.8 Å². The zero-order valence-corrected chi connectivity index (χ0v) is 25.7. The molecular weight excluding hydrogens is 574 g/mol. The van der Waals surface area contributed by atoms with Crippen molar-refractivity contribution in [2.45, 2.75) is 76.0 Å². The number of esters is 1. The van der Waals surface area contributed by atoms with Crippen LogP contribution in [0.3, 0.4) is 0 Å². The number of aliphatic hydroxyl groups is 1. The van der Waals surface area contributed by atoms with E-state index in [0.29, 0.717) is 37.2 Å². The maximum atomic E-state index is 13.4. The highest BCUT2D eigenvalue weighted by atomic mass is 32.2. The normalized spacial score (nSPS) is 20.1. The Labute approximate surface area is 253 Å². The molecule has 2 aromatic carbocycles. The molecule has 0 aliphatic carbocycles. The standard InChI is InChI=1S/C31H41N3O8S/c1-21(2)41-30(37)27(18-23-10-12-25(13-11-23)42-31(38)33-16-4-6-24(19-33)20-35)32-29(36)28-7-5-17-34(28)43(39,40)26-14-8-22(3)9-15-26/h8-15,21,24,27-28,35H,4-7,16-20H2,1-3H3,(H,32,36)/t24?,27-,28-/m0/s1. The first-order valence-corrected chi connectivity index (χ1v) is 16.2. The van der Waals surface area contributed by atoms with Gasteiger partial charge in [-0.1, -0.05) is 29.8 Å². The van der Waals surface area contributed by atoms with Gasteiger partial charge in [0.05, 0.1) is 11.0 Å². The summed E-state index contributed by atoms with van der Waals surface area (Å²) in [5, 5.41) is 12.2. The van der Waals surface area contributed by atoms with Gasteiger partial charge in [0.15, 0.2) is 0 Å². The van der Waals surface area contributed by atoms with Crippen LogP contribution in [0, 0.1) is 12.8 Å². The lowest BCUT2D eigenvalue weighted by Crippen LogP contribution is -2.52. The molecule has 2 N–H and O–H groups in total. The first-order chi connectivity index (χ1) is 20.5. The monoisotopic (exact) mass is 615 g/mol. The third-order valence-electron chi connectivity index (χ3n) is 7.69. The Morgan fingerprint density at radius 1 is 1.00 bits per heavy atom. The molecule has 3 atom stereocenters. The van der Waals surface area contributed by atoms with E-state index in [-0.39, 0.29) is 30.4 Å². The molecule has 0 saturated carbocycles. The molecule has 2 saturated heterocycles. The van der Waals surface area contributed by atoms with E-state index in [4.69, 9.17) is 9.47 Å². The molecule has 2 fully saturated rings. The molecule has 11 nitrogen and oxygen atoms in total. The van der Waals surface area contributed by atoms with Crippen LogP contribution in [0.15, 0.2) is 53.4 Å². The smallest absolute Gasteiger partial charge is 0.415 e. The molecular formula is C31H41N3O8S. The maximum absolute atomic E-state index is 13.4. The zero-order valence-electron chi connectivity index (χ0n) is 24.9. The number of aliphatic hydroxyl groups excluding tert-OH is 1. The number of carbonyl (C=O) groups is 3. The van der Waals surface area contributed by atoms with Gasteiger partial charge >= 0.3 is 12.1 Å². The van der Waals surface area contributed by atoms with Gasteiger partial charge in [0, 0.05) is 32.7 Å². The fourth-order valence-electron chi connectivity index (χ4n) is 5.39. The number of aryl methyl sites for hydroxylation is 1. The van der Waals surface area contributed by atoms with E-state index in [2.05, 4.69) is 5.32 Å². The number of hydrogen-bond donors (Lipinski definition) is 2. The molecule has 1 unspecified atom stereocenters. The zero-order chi connectivity index (χ0) is 31.1. The molecule has 234 valence electrons. The molecule has 4 rings (SSSR count). The molecule has 0 spiro atoms. The first kappa shape index (κ1) is 32.4. The summed E-state index contributed by atoms with van der Waals surface area (Å²) in [6, 6.07) is 11.1. The quantitative estimate of drug-likeness (QED) is 0.389. The molecule has 0 bridgehead atoms. The van der Waals surface area contributed by atoms with Crippen molar-refractivity contribution in [2.75, 3.05) is 26.2 Å². The number of nitrogens with zero attached hydrogens (tertiary/aromatic N) is 2. The van der Waals surface area contributed by atoms with Crippen molar-refractivity contribution in [1.82, 2.24) is 14.5 Å². The van der Waals surface area contributed by atoms with Crippen LogP contribution < -0.4 is 10.1 Å². The van der Waals surface area contributed by atoms with Crippen LogP contribution in [0.2, 0.25) is 0 Å². The average molecular weight is 616 g/mol. The van der Waals surface area contributed by atoms with E-state index in [0.717, 1.165) is 18.4 Å². The summed E-state index contributed by atoms with van der Waals surface area (Å²) in [7, 11) is -3.91. The molecule has 2 aliphatic heterocycles. The fourth-order valence-corrected chi connectivity index (χ4v) is 7.04. The van der Waals surface area contributed by atoms with E-state index in [1.54, 1.807) is 55.1 Å². The Morgan fingerprint density at radius 2 is 1.67 bits per heavy atom. The van der Waals surface area contributed by atoms with Gasteiger partial charge < -0.3 is 24.8 Å². The molecule has 43 heavy (non-hydrogen) atoms. The third kappa shape index (κ3) is 8.33. The Morgan fingerprint density at radius 3 is 2.33 bits per heavy atom. The predicted octanol–water partition coefficient (Wildman–Crippen LogP) is 3.03. The van der Waals surface area contributed by atoms with Crippen LogP contribution in [0.4, 0.5) is 4.79 Å². The highest BCUT2D eigenvalue weighted by Gasteiger charge is 2.40. The number of sulfonamides is 1. The number of hydrogen-bond acceptors (Lipinski definition) is 8. The predicted molar refractivity (Wildman–Crippen MR) is 159 cm³/mol. The average Bonchev–Trinajstić information content (AvgIpc) is 3.49. The molecule has 0 aromatic heterocycles. The maximum Gasteiger partial charge on any atom is 0.415 e. The molecule has 2 aliphatic rings. The van der Waals surface area contributed by atoms with E-state index in [9.17, 15) is 27.9 Å². The highest BCUT2D eigenvalue weighted by Crippen LogP contribution is 2.27. The van der Waals surface area contributed by atoms with Crippen LogP contribution in [0.1, 0.15) is 50.7 Å². The fraction of sp³-hybridized carbons (Fsp3) is 0.516. The summed E-state index contributed by atoms with van der Waals surface area (Å²) in [5.74, 6) is -0.825. The lowest BCUT2D eigenvalue weighted by Gasteiger charge is -2.30. The summed E-state index contributed by atoms with van der Waals surface area (Å²) < 4.78 is 38.8. The summed E-state index contributed by atoms with van der Waals surface area (Å²) >= 11 is 0. The number of benzene rings is 2. The van der Waals surface area contributed by atoms with Crippen LogP contribution in [-0.4, -0.2) is 85.1 Å². The van der Waals surface area contributed by atoms with Crippen molar-refractivity contribution in [2.24, 2.45) is 5.92 Å². The van der Waals surface area contributed by atoms with Gasteiger partial charge in [-0.05, 0) is 82.2 Å². The molecule has 2 heterocycles. The molecule has 12 heteroatoms. The van der Waals surface area contributed by atoms with Crippen molar-refractivity contribution in [3.8, 4) is 5.75 Å². The minimum absolute atomic E-state index is 0.0246. The molecule has 2 amide bonds. The van der Waals surface area contributed by atoms with Gasteiger partial charge in [-0.25, -0.2) is 18.0 Å². The first-order valence-electron chi connectivity index (χ1n) is 14.7. The minimum atomic E-state index is -3.91. The Hall–Kier alpha value is -3.48. The lowest BCUT2D eigenvalue weighted by molar-refractivity contribution is -0.151. The SMILES string of the molecule is Cc1ccc(S(=O)(=O)N2CCC[C@H]2C(=O)N[C@@H](Cc2ccc(OC(=O)N3CCCC(CO)C3)cc2)C(=O)OC(C)C)cc1. The minimum Gasteiger partial charge on any atom is -0.461 e. The number of likely N-dealkylation sites (tertiary alicyclic amines) is 1. The van der Waals surface area contributed by atoms with Gasteiger partial charge in [0.25, 0.3) is 0 Å². The number of nitrogens with one attached hydrogen (secondary N) is 1. The summed E-state index contributed by atoms with van der Waals surface area (Å²) in [6.45, 7) is 6.51. The van der Waals surface area contributed by atoms with Gasteiger partial charge in [0.2, 0.25) is 15.9 Å². The van der Waals surface area contributed by atoms with Crippen molar-refractivity contribution >= 4 is 28.0 Å². The second kappa shape index (κ2) is 14.3. The van der Waals surface area contributed by atoms with Crippen molar-refractivity contribution in [1.29, 1.82) is 0 Å². The van der Waals surface area contributed by atoms with E-state index >= 15 is 0 Å². The Kier molecular flexibility index (Phi) is 10.8. The number of rotatable bonds is 10. The number of carbonyl (C=O) groups excluding carboxylic acids is 3. The molecule has 2 aromatic rings. The van der Waals surface area contributed by atoms with E-state index in [1.807, 2.05) is 6.92 Å². The summed E-state index contributed by atoms with van der Waals surface area (Å²) in [4.78, 5) is 40.8. The second-order valence-corrected chi connectivity index (χ2v) is 13.4. The van der Waals surface area contributed by atoms with Crippen molar-refractivity contribution < 1.29 is 37.4 Å². The number of ether oxygens (including phenoxy) is 2. The highest BCUT2D eigenvalue weighted by molar-refractivity contribution is 7.89. The summed E-state index contributed by atoms with van der Waals surface area (Å²) in [5.41, 5.74) is 1.60. The second-order valence-electron chi connectivity index (χ2n) is 11.5. The van der Waals surface area contributed by atoms with Gasteiger partial charge in [-0.15, -0.1) is 0 Å². The van der Waals surface area contributed by atoms with Crippen LogP contribution in [-0.2, 0) is 30.8 Å². The largest absolute Gasteiger partial charge is 0.461 e. The number of amides is 2. The molecule has 0 radical (unpaired) electrons. The Balaban J connectivity index is 1.43. The van der Waals surface area contributed by atoms with Crippen LogP contribution in [0.25, 0.3) is 0 Å². The van der Waals surface area contributed by atoms with E-state index < -0.39 is 46.2 Å². The third-order valence-corrected chi connectivity index (χ3v) is 9.61. The topological polar surface area (TPSA) is 143 Å². The Bertz CT molecular complexity index is 1380. The van der Waals surface area contributed by atoms with Crippen molar-refractivity contribution in [3.63, 3.8) is 0 Å². The van der Waals surface area contributed by atoms with Crippen LogP contribution >= 0.6 is 0 Å².